The summed E-state index contributed by atoms with van der Waals surface area (Å²) in [5.74, 6) is 0.0807. The highest BCUT2D eigenvalue weighted by Crippen LogP contribution is 2.31. The second-order valence-corrected chi connectivity index (χ2v) is 5.72. The molecule has 3 rings (SSSR count). The molecule has 1 aliphatic rings. The van der Waals surface area contributed by atoms with E-state index in [2.05, 4.69) is 0 Å². The van der Waals surface area contributed by atoms with Gasteiger partial charge in [-0.3, -0.25) is 4.79 Å². The highest BCUT2D eigenvalue weighted by Gasteiger charge is 2.25. The minimum atomic E-state index is 0.0807. The molecule has 1 heterocycles. The lowest BCUT2D eigenvalue weighted by Crippen LogP contribution is -2.36. The minimum Gasteiger partial charge on any atom is -0.399 e. The van der Waals surface area contributed by atoms with Crippen LogP contribution in [0.1, 0.15) is 33.5 Å². The average Bonchev–Trinajstić information content (AvgIpc) is 2.46. The van der Waals surface area contributed by atoms with Crippen LogP contribution in [0, 0.1) is 13.8 Å². The summed E-state index contributed by atoms with van der Waals surface area (Å²) in [6.07, 6.45) is 2.00. The fraction of sp³-hybridized carbons (Fsp3) is 0.278. The van der Waals surface area contributed by atoms with Gasteiger partial charge in [0, 0.05) is 23.5 Å². The lowest BCUT2D eigenvalue weighted by molar-refractivity contribution is 0.0984. The molecular formula is C18H20N2O. The molecule has 0 saturated carbocycles. The number of aryl methyl sites for hydroxylation is 3. The van der Waals surface area contributed by atoms with Gasteiger partial charge in [-0.25, -0.2) is 0 Å². The van der Waals surface area contributed by atoms with Gasteiger partial charge in [-0.2, -0.15) is 0 Å². The Bertz CT molecular complexity index is 686. The van der Waals surface area contributed by atoms with Crippen LogP contribution in [0.4, 0.5) is 11.4 Å². The highest BCUT2D eigenvalue weighted by atomic mass is 16.2. The number of amides is 1. The number of fused-ring (bicyclic) bond motifs is 1. The molecule has 21 heavy (non-hydrogen) atoms. The second-order valence-electron chi connectivity index (χ2n) is 5.72. The van der Waals surface area contributed by atoms with Crippen molar-refractivity contribution in [2.75, 3.05) is 17.2 Å². The van der Waals surface area contributed by atoms with Gasteiger partial charge in [0.15, 0.2) is 0 Å². The number of nitrogens with zero attached hydrogens (tertiary/aromatic N) is 1. The maximum Gasteiger partial charge on any atom is 0.258 e. The van der Waals surface area contributed by atoms with Crippen molar-refractivity contribution >= 4 is 17.3 Å². The fourth-order valence-electron chi connectivity index (χ4n) is 3.09. The molecule has 2 N–H and O–H groups in total. The summed E-state index contributed by atoms with van der Waals surface area (Å²) in [7, 11) is 0. The summed E-state index contributed by atoms with van der Waals surface area (Å²) < 4.78 is 0. The standard InChI is InChI=1S/C18H20N2O/c1-12-5-3-6-13(2)17(12)18(21)20-10-4-7-14-8-9-15(19)11-16(14)20/h3,5-6,8-9,11H,4,7,10,19H2,1-2H3. The Hall–Kier alpha value is -2.29. The van der Waals surface area contributed by atoms with Gasteiger partial charge in [0.2, 0.25) is 0 Å². The van der Waals surface area contributed by atoms with Crippen molar-refractivity contribution in [1.29, 1.82) is 0 Å². The Morgan fingerprint density at radius 2 is 1.86 bits per heavy atom. The van der Waals surface area contributed by atoms with E-state index < -0.39 is 0 Å². The number of carbonyl (C=O) groups excluding carboxylic acids is 1. The molecule has 0 aromatic heterocycles. The third-order valence-electron chi connectivity index (χ3n) is 4.17. The van der Waals surface area contributed by atoms with Crippen LogP contribution < -0.4 is 10.6 Å². The lowest BCUT2D eigenvalue weighted by atomic mass is 9.97. The minimum absolute atomic E-state index is 0.0807. The van der Waals surface area contributed by atoms with Gasteiger partial charge in [0.25, 0.3) is 5.91 Å². The lowest BCUT2D eigenvalue weighted by Gasteiger charge is -2.30. The van der Waals surface area contributed by atoms with Gasteiger partial charge < -0.3 is 10.6 Å². The molecule has 1 amide bonds. The zero-order chi connectivity index (χ0) is 15.0. The zero-order valence-electron chi connectivity index (χ0n) is 12.5. The van der Waals surface area contributed by atoms with E-state index >= 15 is 0 Å². The third-order valence-corrected chi connectivity index (χ3v) is 4.17. The first kappa shape index (κ1) is 13.7. The van der Waals surface area contributed by atoms with Crippen LogP contribution in [0.15, 0.2) is 36.4 Å². The van der Waals surface area contributed by atoms with Gasteiger partial charge >= 0.3 is 0 Å². The van der Waals surface area contributed by atoms with Crippen molar-refractivity contribution in [3.63, 3.8) is 0 Å². The number of anilines is 2. The molecule has 0 saturated heterocycles. The molecule has 2 aromatic carbocycles. The zero-order valence-corrected chi connectivity index (χ0v) is 12.5. The second kappa shape index (κ2) is 5.24. The number of nitrogen functional groups attached to an aromatic ring is 1. The Kier molecular flexibility index (Phi) is 3.42. The maximum absolute atomic E-state index is 13.0. The van der Waals surface area contributed by atoms with Crippen LogP contribution in [0.5, 0.6) is 0 Å². The summed E-state index contributed by atoms with van der Waals surface area (Å²) in [6.45, 7) is 4.73. The number of hydrogen-bond donors (Lipinski definition) is 1. The van der Waals surface area contributed by atoms with Gasteiger partial charge in [-0.15, -0.1) is 0 Å². The van der Waals surface area contributed by atoms with Gasteiger partial charge in [-0.1, -0.05) is 24.3 Å². The van der Waals surface area contributed by atoms with Crippen LogP contribution in [-0.2, 0) is 6.42 Å². The molecule has 0 fully saturated rings. The van der Waals surface area contributed by atoms with E-state index in [1.54, 1.807) is 0 Å². The molecule has 1 aliphatic heterocycles. The summed E-state index contributed by atoms with van der Waals surface area (Å²) in [6, 6.07) is 11.8. The summed E-state index contributed by atoms with van der Waals surface area (Å²) in [4.78, 5) is 14.9. The largest absolute Gasteiger partial charge is 0.399 e. The predicted molar refractivity (Wildman–Crippen MR) is 86.8 cm³/mol. The van der Waals surface area contributed by atoms with Crippen molar-refractivity contribution in [3.8, 4) is 0 Å². The molecule has 0 radical (unpaired) electrons. The number of benzene rings is 2. The first-order chi connectivity index (χ1) is 10.1. The van der Waals surface area contributed by atoms with E-state index in [1.165, 1.54) is 5.56 Å². The Morgan fingerprint density at radius 3 is 2.57 bits per heavy atom. The SMILES string of the molecule is Cc1cccc(C)c1C(=O)N1CCCc2ccc(N)cc21. The van der Waals surface area contributed by atoms with Crippen LogP contribution in [0.3, 0.4) is 0 Å². The molecule has 2 aromatic rings. The highest BCUT2D eigenvalue weighted by molar-refractivity contribution is 6.08. The van der Waals surface area contributed by atoms with E-state index in [0.717, 1.165) is 41.8 Å². The molecule has 108 valence electrons. The summed E-state index contributed by atoms with van der Waals surface area (Å²) in [5, 5.41) is 0. The first-order valence-electron chi connectivity index (χ1n) is 7.34. The Balaban J connectivity index is 2.06. The van der Waals surface area contributed by atoms with E-state index in [4.69, 9.17) is 5.73 Å². The monoisotopic (exact) mass is 280 g/mol. The maximum atomic E-state index is 13.0. The third kappa shape index (κ3) is 2.40. The number of hydrogen-bond acceptors (Lipinski definition) is 2. The molecule has 0 aliphatic carbocycles. The van der Waals surface area contributed by atoms with Crippen LogP contribution >= 0.6 is 0 Å². The summed E-state index contributed by atoms with van der Waals surface area (Å²) >= 11 is 0. The van der Waals surface area contributed by atoms with E-state index in [1.807, 2.05) is 55.1 Å². The normalized spacial score (nSPS) is 13.9. The van der Waals surface area contributed by atoms with Gasteiger partial charge in [-0.05, 0) is 55.5 Å². The topological polar surface area (TPSA) is 46.3 Å². The quantitative estimate of drug-likeness (QED) is 0.813. The molecule has 3 heteroatoms. The average molecular weight is 280 g/mol. The van der Waals surface area contributed by atoms with E-state index in [9.17, 15) is 4.79 Å². The fourth-order valence-corrected chi connectivity index (χ4v) is 3.09. The molecule has 0 atom stereocenters. The van der Waals surface area contributed by atoms with E-state index in [-0.39, 0.29) is 5.91 Å². The van der Waals surface area contributed by atoms with Crippen molar-refractivity contribution in [1.82, 2.24) is 0 Å². The van der Waals surface area contributed by atoms with E-state index in [0.29, 0.717) is 5.69 Å². The summed E-state index contributed by atoms with van der Waals surface area (Å²) in [5.41, 5.74) is 11.6. The molecule has 0 spiro atoms. The Labute approximate surface area is 125 Å². The number of nitrogens with two attached hydrogens (primary N) is 1. The van der Waals surface area contributed by atoms with Crippen molar-refractivity contribution in [2.45, 2.75) is 26.7 Å². The smallest absolute Gasteiger partial charge is 0.258 e. The predicted octanol–water partition coefficient (Wildman–Crippen LogP) is 3.48. The first-order valence-corrected chi connectivity index (χ1v) is 7.34. The van der Waals surface area contributed by atoms with Gasteiger partial charge in [0.05, 0.1) is 0 Å². The van der Waals surface area contributed by atoms with Gasteiger partial charge in [0.1, 0.15) is 0 Å². The van der Waals surface area contributed by atoms with Crippen molar-refractivity contribution in [2.24, 2.45) is 0 Å². The molecule has 3 nitrogen and oxygen atoms in total. The van der Waals surface area contributed by atoms with Crippen molar-refractivity contribution < 1.29 is 4.79 Å². The number of carbonyl (C=O) groups is 1. The van der Waals surface area contributed by atoms with Crippen LogP contribution in [-0.4, -0.2) is 12.5 Å². The number of rotatable bonds is 1. The van der Waals surface area contributed by atoms with Crippen LogP contribution in [0.25, 0.3) is 0 Å². The molecular weight excluding hydrogens is 260 g/mol. The molecule has 0 unspecified atom stereocenters. The Morgan fingerprint density at radius 1 is 1.14 bits per heavy atom. The van der Waals surface area contributed by atoms with Crippen LogP contribution in [0.2, 0.25) is 0 Å². The van der Waals surface area contributed by atoms with Crippen molar-refractivity contribution in [3.05, 3.63) is 58.7 Å². The molecule has 0 bridgehead atoms.